The third kappa shape index (κ3) is 6.49. The van der Waals surface area contributed by atoms with E-state index in [0.717, 1.165) is 23.4 Å². The van der Waals surface area contributed by atoms with Crippen molar-refractivity contribution in [2.45, 2.75) is 25.6 Å². The number of nitrogens with one attached hydrogen (secondary N) is 1. The van der Waals surface area contributed by atoms with Gasteiger partial charge < -0.3 is 24.4 Å². The molecule has 1 aliphatic rings. The highest BCUT2D eigenvalue weighted by molar-refractivity contribution is 5.99. The molecule has 1 aliphatic heterocycles. The Labute approximate surface area is 222 Å². The van der Waals surface area contributed by atoms with Crippen LogP contribution in [0.3, 0.4) is 0 Å². The lowest BCUT2D eigenvalue weighted by Crippen LogP contribution is -2.38. The lowest BCUT2D eigenvalue weighted by atomic mass is 10.1. The average molecular weight is 543 g/mol. The zero-order valence-corrected chi connectivity index (χ0v) is 21.1. The fourth-order valence-electron chi connectivity index (χ4n) is 4.25. The largest absolute Gasteiger partial charge is 0.493 e. The highest BCUT2D eigenvalue weighted by Crippen LogP contribution is 2.33. The summed E-state index contributed by atoms with van der Waals surface area (Å²) in [6.45, 7) is 0.942. The van der Waals surface area contributed by atoms with Crippen molar-refractivity contribution >= 4 is 29.2 Å². The predicted octanol–water partition coefficient (Wildman–Crippen LogP) is 4.87. The second-order valence-electron chi connectivity index (χ2n) is 8.80. The first-order valence-corrected chi connectivity index (χ1v) is 11.9. The van der Waals surface area contributed by atoms with Gasteiger partial charge in [-0.3, -0.25) is 9.59 Å². The summed E-state index contributed by atoms with van der Waals surface area (Å²) in [5.41, 5.74) is 1.01. The van der Waals surface area contributed by atoms with Gasteiger partial charge in [0.05, 0.1) is 18.2 Å². The number of methoxy groups -OCH3 is 1. The summed E-state index contributed by atoms with van der Waals surface area (Å²) in [5.74, 6) is -1.57. The van der Waals surface area contributed by atoms with Gasteiger partial charge in [0.25, 0.3) is 11.8 Å². The third-order valence-corrected chi connectivity index (χ3v) is 6.03. The number of hydrogen-bond donors (Lipinski definition) is 1. The molecule has 0 fully saturated rings. The van der Waals surface area contributed by atoms with E-state index in [9.17, 15) is 27.6 Å². The number of rotatable bonds is 8. The maximum Gasteiger partial charge on any atom is 0.416 e. The van der Waals surface area contributed by atoms with Gasteiger partial charge in [0.1, 0.15) is 0 Å². The molecule has 1 unspecified atom stereocenters. The van der Waals surface area contributed by atoms with Crippen LogP contribution in [0.15, 0.2) is 66.7 Å². The average Bonchev–Trinajstić information content (AvgIpc) is 3.25. The van der Waals surface area contributed by atoms with Crippen LogP contribution in [0.2, 0.25) is 0 Å². The molecule has 0 aromatic heterocycles. The van der Waals surface area contributed by atoms with Crippen LogP contribution in [0.4, 0.5) is 24.5 Å². The Balaban J connectivity index is 1.33. The van der Waals surface area contributed by atoms with Gasteiger partial charge in [0, 0.05) is 17.4 Å². The Morgan fingerprint density at radius 2 is 1.74 bits per heavy atom. The van der Waals surface area contributed by atoms with Crippen LogP contribution in [0.1, 0.15) is 28.4 Å². The number of amides is 2. The summed E-state index contributed by atoms with van der Waals surface area (Å²) in [4.78, 5) is 39.2. The lowest BCUT2D eigenvalue weighted by molar-refractivity contribution is -0.137. The van der Waals surface area contributed by atoms with E-state index in [1.165, 1.54) is 37.4 Å². The Bertz CT molecular complexity index is 1390. The number of alkyl halides is 3. The van der Waals surface area contributed by atoms with Crippen LogP contribution in [0.5, 0.6) is 11.5 Å². The molecule has 3 aromatic rings. The van der Waals surface area contributed by atoms with E-state index in [4.69, 9.17) is 14.2 Å². The SMILES string of the molecule is COc1cc(C(=O)OCC(=O)N2c3ccccc3CC2C)ccc1OCC(=O)Nc1cccc(C(F)(F)F)c1. The van der Waals surface area contributed by atoms with E-state index in [1.807, 2.05) is 31.2 Å². The van der Waals surface area contributed by atoms with E-state index in [-0.39, 0.29) is 34.7 Å². The van der Waals surface area contributed by atoms with Crippen molar-refractivity contribution in [3.05, 3.63) is 83.4 Å². The van der Waals surface area contributed by atoms with Crippen LogP contribution in [-0.2, 0) is 26.9 Å². The molecule has 0 saturated heterocycles. The number of anilines is 2. The predicted molar refractivity (Wildman–Crippen MR) is 136 cm³/mol. The normalized spacial score (nSPS) is 14.4. The van der Waals surface area contributed by atoms with Crippen molar-refractivity contribution in [3.63, 3.8) is 0 Å². The molecule has 0 aliphatic carbocycles. The van der Waals surface area contributed by atoms with Crippen LogP contribution in [0, 0.1) is 0 Å². The number of carbonyl (C=O) groups is 3. The molecule has 0 radical (unpaired) electrons. The molecule has 0 spiro atoms. The zero-order chi connectivity index (χ0) is 28.2. The maximum absolute atomic E-state index is 12.9. The van der Waals surface area contributed by atoms with Crippen LogP contribution in [0.25, 0.3) is 0 Å². The Morgan fingerprint density at radius 1 is 0.974 bits per heavy atom. The van der Waals surface area contributed by atoms with Gasteiger partial charge in [-0.1, -0.05) is 24.3 Å². The fourth-order valence-corrected chi connectivity index (χ4v) is 4.25. The summed E-state index contributed by atoms with van der Waals surface area (Å²) in [5, 5.41) is 2.34. The van der Waals surface area contributed by atoms with Gasteiger partial charge in [-0.2, -0.15) is 13.2 Å². The minimum Gasteiger partial charge on any atom is -0.493 e. The molecule has 3 aromatic carbocycles. The molecular weight excluding hydrogens is 517 g/mol. The standard InChI is InChI=1S/C28H25F3N2O6/c1-17-12-18-6-3-4-9-22(18)33(17)26(35)16-39-27(36)19-10-11-23(24(13-19)37-2)38-15-25(34)32-21-8-5-7-20(14-21)28(29,30)31/h3-11,13-14,17H,12,15-16H2,1-2H3,(H,32,34). The van der Waals surface area contributed by atoms with E-state index >= 15 is 0 Å². The number of carbonyl (C=O) groups excluding carboxylic acids is 3. The second kappa shape index (κ2) is 11.5. The van der Waals surface area contributed by atoms with E-state index in [0.29, 0.717) is 6.42 Å². The fraction of sp³-hybridized carbons (Fsp3) is 0.250. The first-order chi connectivity index (χ1) is 18.6. The Kier molecular flexibility index (Phi) is 8.08. The monoisotopic (exact) mass is 542 g/mol. The Hall–Kier alpha value is -4.54. The summed E-state index contributed by atoms with van der Waals surface area (Å²) >= 11 is 0. The molecule has 1 atom stereocenters. The van der Waals surface area contributed by atoms with Crippen molar-refractivity contribution in [1.82, 2.24) is 0 Å². The van der Waals surface area contributed by atoms with Crippen LogP contribution in [-0.4, -0.2) is 44.1 Å². The molecule has 2 amide bonds. The number of hydrogen-bond acceptors (Lipinski definition) is 6. The van der Waals surface area contributed by atoms with Crippen molar-refractivity contribution in [1.29, 1.82) is 0 Å². The molecular formula is C28H25F3N2O6. The third-order valence-electron chi connectivity index (χ3n) is 6.03. The molecule has 1 N–H and O–H groups in total. The highest BCUT2D eigenvalue weighted by atomic mass is 19.4. The first kappa shape index (κ1) is 27.5. The van der Waals surface area contributed by atoms with Gasteiger partial charge in [-0.05, 0) is 61.4 Å². The van der Waals surface area contributed by atoms with E-state index in [1.54, 1.807) is 4.90 Å². The summed E-state index contributed by atoms with van der Waals surface area (Å²) in [6.07, 6.45) is -3.83. The second-order valence-corrected chi connectivity index (χ2v) is 8.80. The zero-order valence-electron chi connectivity index (χ0n) is 21.1. The number of nitrogens with zero attached hydrogens (tertiary/aromatic N) is 1. The van der Waals surface area contributed by atoms with E-state index in [2.05, 4.69) is 5.32 Å². The molecule has 39 heavy (non-hydrogen) atoms. The molecule has 4 rings (SSSR count). The van der Waals surface area contributed by atoms with Gasteiger partial charge in [0.2, 0.25) is 0 Å². The van der Waals surface area contributed by atoms with Crippen LogP contribution >= 0.6 is 0 Å². The van der Waals surface area contributed by atoms with Gasteiger partial charge >= 0.3 is 12.1 Å². The van der Waals surface area contributed by atoms with Gasteiger partial charge in [-0.15, -0.1) is 0 Å². The quantitative estimate of drug-likeness (QED) is 0.409. The van der Waals surface area contributed by atoms with Crippen LogP contribution < -0.4 is 19.7 Å². The van der Waals surface area contributed by atoms with Gasteiger partial charge in [-0.25, -0.2) is 4.79 Å². The first-order valence-electron chi connectivity index (χ1n) is 11.9. The minimum atomic E-state index is -4.54. The van der Waals surface area contributed by atoms with Crippen molar-refractivity contribution in [2.24, 2.45) is 0 Å². The molecule has 11 heteroatoms. The lowest BCUT2D eigenvalue weighted by Gasteiger charge is -2.22. The molecule has 8 nitrogen and oxygen atoms in total. The van der Waals surface area contributed by atoms with Crippen molar-refractivity contribution in [2.75, 3.05) is 30.5 Å². The number of ether oxygens (including phenoxy) is 3. The molecule has 1 heterocycles. The summed E-state index contributed by atoms with van der Waals surface area (Å²) in [7, 11) is 1.33. The van der Waals surface area contributed by atoms with Crippen molar-refractivity contribution < 1.29 is 41.8 Å². The molecule has 0 saturated carbocycles. The topological polar surface area (TPSA) is 94.2 Å². The van der Waals surface area contributed by atoms with Crippen molar-refractivity contribution in [3.8, 4) is 11.5 Å². The van der Waals surface area contributed by atoms with Gasteiger partial charge in [0.15, 0.2) is 24.7 Å². The number of esters is 1. The molecule has 0 bridgehead atoms. The number of fused-ring (bicyclic) bond motifs is 1. The minimum absolute atomic E-state index is 0.0372. The summed E-state index contributed by atoms with van der Waals surface area (Å²) < 4.78 is 54.5. The number of halogens is 3. The smallest absolute Gasteiger partial charge is 0.416 e. The maximum atomic E-state index is 12.9. The number of para-hydroxylation sites is 1. The summed E-state index contributed by atoms with van der Waals surface area (Å²) in [6, 6.07) is 15.8. The highest BCUT2D eigenvalue weighted by Gasteiger charge is 2.32. The van der Waals surface area contributed by atoms with E-state index < -0.39 is 36.8 Å². The Morgan fingerprint density at radius 3 is 2.49 bits per heavy atom. The number of benzene rings is 3. The molecule has 204 valence electrons.